The van der Waals surface area contributed by atoms with Crippen LogP contribution in [0.1, 0.15) is 30.5 Å². The van der Waals surface area contributed by atoms with Crippen molar-refractivity contribution in [3.8, 4) is 5.75 Å². The maximum atomic E-state index is 12.3. The summed E-state index contributed by atoms with van der Waals surface area (Å²) in [6.07, 6.45) is 0.383. The number of hydrogen-bond donors (Lipinski definition) is 1. The Bertz CT molecular complexity index is 713. The first-order chi connectivity index (χ1) is 10.9. The van der Waals surface area contributed by atoms with Crippen LogP contribution in [0.25, 0.3) is 0 Å². The lowest BCUT2D eigenvalue weighted by Gasteiger charge is -2.17. The molecule has 0 saturated heterocycles. The fourth-order valence-electron chi connectivity index (χ4n) is 2.29. The molecule has 1 atom stereocenters. The van der Waals surface area contributed by atoms with Gasteiger partial charge in [-0.3, -0.25) is 4.79 Å². The number of amides is 1. The Hall–Kier alpha value is -1.81. The van der Waals surface area contributed by atoms with Crippen molar-refractivity contribution in [2.45, 2.75) is 40.2 Å². The first-order valence-electron chi connectivity index (χ1n) is 7.74. The van der Waals surface area contributed by atoms with Gasteiger partial charge in [0.05, 0.1) is 5.69 Å². The van der Waals surface area contributed by atoms with Crippen LogP contribution < -0.4 is 10.1 Å². The minimum absolute atomic E-state index is 0.171. The van der Waals surface area contributed by atoms with E-state index in [0.717, 1.165) is 27.9 Å². The molecule has 0 saturated carbocycles. The topological polar surface area (TPSA) is 38.3 Å². The van der Waals surface area contributed by atoms with E-state index in [0.29, 0.717) is 0 Å². The Morgan fingerprint density at radius 2 is 1.96 bits per heavy atom. The van der Waals surface area contributed by atoms with Gasteiger partial charge in [0.2, 0.25) is 0 Å². The van der Waals surface area contributed by atoms with Crippen molar-refractivity contribution < 1.29 is 9.53 Å². The SMILES string of the molecule is CCc1ccc(NC(=O)C(C)Oc2ccc(C)cc2C)c(Br)c1. The van der Waals surface area contributed by atoms with E-state index in [-0.39, 0.29) is 5.91 Å². The molecule has 2 aromatic rings. The fourth-order valence-corrected chi connectivity index (χ4v) is 2.82. The third-order valence-electron chi connectivity index (χ3n) is 3.70. The number of nitrogens with one attached hydrogen (secondary N) is 1. The minimum atomic E-state index is -0.575. The van der Waals surface area contributed by atoms with Gasteiger partial charge in [-0.25, -0.2) is 0 Å². The van der Waals surface area contributed by atoms with Crippen molar-refractivity contribution in [3.05, 3.63) is 57.6 Å². The average molecular weight is 376 g/mol. The largest absolute Gasteiger partial charge is 0.481 e. The van der Waals surface area contributed by atoms with Gasteiger partial charge in [0.25, 0.3) is 5.91 Å². The number of aryl methyl sites for hydroxylation is 3. The average Bonchev–Trinajstić information content (AvgIpc) is 2.51. The second-order valence-electron chi connectivity index (χ2n) is 5.69. The summed E-state index contributed by atoms with van der Waals surface area (Å²) in [6.45, 7) is 7.86. The Morgan fingerprint density at radius 3 is 2.57 bits per heavy atom. The van der Waals surface area contributed by atoms with Crippen LogP contribution in [-0.2, 0) is 11.2 Å². The van der Waals surface area contributed by atoms with Crippen molar-refractivity contribution in [2.75, 3.05) is 5.32 Å². The van der Waals surface area contributed by atoms with Gasteiger partial charge in [-0.05, 0) is 72.4 Å². The number of ether oxygens (including phenoxy) is 1. The first-order valence-corrected chi connectivity index (χ1v) is 8.53. The number of halogens is 1. The lowest BCUT2D eigenvalue weighted by Crippen LogP contribution is -2.30. The molecule has 0 aromatic heterocycles. The summed E-state index contributed by atoms with van der Waals surface area (Å²) in [5.41, 5.74) is 4.17. The second-order valence-corrected chi connectivity index (χ2v) is 6.54. The van der Waals surface area contributed by atoms with Gasteiger partial charge in [0, 0.05) is 4.47 Å². The minimum Gasteiger partial charge on any atom is -0.481 e. The van der Waals surface area contributed by atoms with E-state index in [2.05, 4.69) is 28.2 Å². The molecular weight excluding hydrogens is 354 g/mol. The third-order valence-corrected chi connectivity index (χ3v) is 4.36. The Balaban J connectivity index is 2.05. The molecule has 0 heterocycles. The van der Waals surface area contributed by atoms with E-state index in [1.54, 1.807) is 6.92 Å². The lowest BCUT2D eigenvalue weighted by atomic mass is 10.1. The van der Waals surface area contributed by atoms with Gasteiger partial charge in [0.1, 0.15) is 5.75 Å². The van der Waals surface area contributed by atoms with Gasteiger partial charge < -0.3 is 10.1 Å². The molecule has 122 valence electrons. The van der Waals surface area contributed by atoms with Crippen molar-refractivity contribution in [1.29, 1.82) is 0 Å². The zero-order chi connectivity index (χ0) is 17.0. The Labute approximate surface area is 146 Å². The van der Waals surface area contributed by atoms with E-state index < -0.39 is 6.10 Å². The number of benzene rings is 2. The molecule has 0 aliphatic heterocycles. The third kappa shape index (κ3) is 4.58. The van der Waals surface area contributed by atoms with Crippen molar-refractivity contribution in [2.24, 2.45) is 0 Å². The molecule has 0 spiro atoms. The van der Waals surface area contributed by atoms with Gasteiger partial charge in [-0.1, -0.05) is 30.7 Å². The van der Waals surface area contributed by atoms with Crippen molar-refractivity contribution in [3.63, 3.8) is 0 Å². The number of anilines is 1. The van der Waals surface area contributed by atoms with E-state index in [1.807, 2.05) is 50.2 Å². The summed E-state index contributed by atoms with van der Waals surface area (Å²) in [4.78, 5) is 12.3. The predicted octanol–water partition coefficient (Wildman–Crippen LogP) is 5.03. The smallest absolute Gasteiger partial charge is 0.265 e. The summed E-state index contributed by atoms with van der Waals surface area (Å²) in [6, 6.07) is 11.9. The zero-order valence-corrected chi connectivity index (χ0v) is 15.5. The summed E-state index contributed by atoms with van der Waals surface area (Å²) in [5, 5.41) is 2.90. The first kappa shape index (κ1) is 17.5. The van der Waals surface area contributed by atoms with Gasteiger partial charge in [-0.2, -0.15) is 0 Å². The maximum Gasteiger partial charge on any atom is 0.265 e. The lowest BCUT2D eigenvalue weighted by molar-refractivity contribution is -0.122. The quantitative estimate of drug-likeness (QED) is 0.795. The number of carbonyl (C=O) groups is 1. The van der Waals surface area contributed by atoms with E-state index in [1.165, 1.54) is 11.1 Å². The van der Waals surface area contributed by atoms with E-state index >= 15 is 0 Å². The van der Waals surface area contributed by atoms with Crippen LogP contribution in [0.2, 0.25) is 0 Å². The van der Waals surface area contributed by atoms with Crippen molar-refractivity contribution in [1.82, 2.24) is 0 Å². The summed E-state index contributed by atoms with van der Waals surface area (Å²) < 4.78 is 6.67. The van der Waals surface area contributed by atoms with Crippen LogP contribution in [0.4, 0.5) is 5.69 Å². The molecule has 1 unspecified atom stereocenters. The second kappa shape index (κ2) is 7.64. The summed E-state index contributed by atoms with van der Waals surface area (Å²) >= 11 is 3.50. The van der Waals surface area contributed by atoms with E-state index in [4.69, 9.17) is 4.74 Å². The molecule has 2 rings (SSSR count). The van der Waals surface area contributed by atoms with Crippen LogP contribution in [0.3, 0.4) is 0 Å². The number of carbonyl (C=O) groups excluding carboxylic acids is 1. The molecule has 1 amide bonds. The molecule has 1 N–H and O–H groups in total. The van der Waals surface area contributed by atoms with Crippen LogP contribution in [0, 0.1) is 13.8 Å². The Kier molecular flexibility index (Phi) is 5.83. The maximum absolute atomic E-state index is 12.3. The van der Waals surface area contributed by atoms with Gasteiger partial charge in [-0.15, -0.1) is 0 Å². The van der Waals surface area contributed by atoms with Crippen LogP contribution in [-0.4, -0.2) is 12.0 Å². The van der Waals surface area contributed by atoms with Crippen LogP contribution in [0.15, 0.2) is 40.9 Å². The zero-order valence-electron chi connectivity index (χ0n) is 13.9. The predicted molar refractivity (Wildman–Crippen MR) is 98.2 cm³/mol. The number of hydrogen-bond acceptors (Lipinski definition) is 2. The van der Waals surface area contributed by atoms with Crippen LogP contribution in [0.5, 0.6) is 5.75 Å². The highest BCUT2D eigenvalue weighted by molar-refractivity contribution is 9.10. The van der Waals surface area contributed by atoms with Gasteiger partial charge in [0.15, 0.2) is 6.10 Å². The Morgan fingerprint density at radius 1 is 1.22 bits per heavy atom. The summed E-state index contributed by atoms with van der Waals surface area (Å²) in [5.74, 6) is 0.563. The monoisotopic (exact) mass is 375 g/mol. The molecule has 4 heteroatoms. The number of rotatable bonds is 5. The van der Waals surface area contributed by atoms with Crippen LogP contribution >= 0.6 is 15.9 Å². The molecule has 2 aromatic carbocycles. The van der Waals surface area contributed by atoms with Gasteiger partial charge >= 0.3 is 0 Å². The molecule has 3 nitrogen and oxygen atoms in total. The highest BCUT2D eigenvalue weighted by Gasteiger charge is 2.17. The highest BCUT2D eigenvalue weighted by atomic mass is 79.9. The van der Waals surface area contributed by atoms with Crippen molar-refractivity contribution >= 4 is 27.5 Å². The molecule has 0 radical (unpaired) electrons. The molecule has 0 aliphatic rings. The molecule has 0 aliphatic carbocycles. The molecular formula is C19H22BrNO2. The normalized spacial score (nSPS) is 11.9. The molecule has 0 fully saturated rings. The van der Waals surface area contributed by atoms with E-state index in [9.17, 15) is 4.79 Å². The fraction of sp³-hybridized carbons (Fsp3) is 0.316. The molecule has 23 heavy (non-hydrogen) atoms. The summed E-state index contributed by atoms with van der Waals surface area (Å²) in [7, 11) is 0. The molecule has 0 bridgehead atoms. The highest BCUT2D eigenvalue weighted by Crippen LogP contribution is 2.25. The standard InChI is InChI=1S/C19H22BrNO2/c1-5-15-7-8-17(16(20)11-15)21-19(22)14(4)23-18-9-6-12(2)10-13(18)3/h6-11,14H,5H2,1-4H3,(H,21,22).